The Labute approximate surface area is 158 Å². The molecule has 0 radical (unpaired) electrons. The van der Waals surface area contributed by atoms with Crippen LogP contribution in [0.1, 0.15) is 36.5 Å². The number of thioether (sulfide) groups is 1. The number of hydrogen-bond acceptors (Lipinski definition) is 5. The first-order valence-electron chi connectivity index (χ1n) is 8.94. The molecule has 0 aromatic heterocycles. The summed E-state index contributed by atoms with van der Waals surface area (Å²) >= 11 is 1.36. The van der Waals surface area contributed by atoms with Crippen LogP contribution in [0.5, 0.6) is 0 Å². The van der Waals surface area contributed by atoms with Crippen molar-refractivity contribution in [2.75, 3.05) is 6.61 Å². The quantitative estimate of drug-likeness (QED) is 0.751. The molecule has 3 rings (SSSR count). The maximum absolute atomic E-state index is 10.0. The van der Waals surface area contributed by atoms with E-state index in [4.69, 9.17) is 4.74 Å². The third-order valence-electron chi connectivity index (χ3n) is 4.68. The Morgan fingerprint density at radius 3 is 2.08 bits per heavy atom. The van der Waals surface area contributed by atoms with Crippen LogP contribution in [0.3, 0.4) is 0 Å². The highest BCUT2D eigenvalue weighted by atomic mass is 32.2. The Kier molecular flexibility index (Phi) is 6.37. The average molecular weight is 375 g/mol. The lowest BCUT2D eigenvalue weighted by Crippen LogP contribution is -2.51. The monoisotopic (exact) mass is 374 g/mol. The zero-order valence-electron chi connectivity index (χ0n) is 15.1. The second-order valence-corrected chi connectivity index (χ2v) is 8.26. The van der Waals surface area contributed by atoms with E-state index in [-0.39, 0.29) is 6.61 Å². The summed E-state index contributed by atoms with van der Waals surface area (Å²) in [6, 6.07) is 16.9. The van der Waals surface area contributed by atoms with Crippen LogP contribution in [-0.2, 0) is 11.2 Å². The molecule has 0 aliphatic carbocycles. The summed E-state index contributed by atoms with van der Waals surface area (Å²) in [6.45, 7) is 4.41. The topological polar surface area (TPSA) is 69.9 Å². The summed E-state index contributed by atoms with van der Waals surface area (Å²) < 4.78 is 5.44. The van der Waals surface area contributed by atoms with Crippen LogP contribution in [0, 0.1) is 0 Å². The van der Waals surface area contributed by atoms with Gasteiger partial charge in [0.2, 0.25) is 0 Å². The molecule has 0 saturated carbocycles. The van der Waals surface area contributed by atoms with Crippen LogP contribution in [0.25, 0.3) is 0 Å². The van der Waals surface area contributed by atoms with Crippen LogP contribution in [0.4, 0.5) is 0 Å². The van der Waals surface area contributed by atoms with Crippen molar-refractivity contribution < 1.29 is 20.1 Å². The van der Waals surface area contributed by atoms with Crippen molar-refractivity contribution in [3.63, 3.8) is 0 Å². The number of aliphatic hydroxyl groups excluding tert-OH is 3. The second kappa shape index (κ2) is 8.55. The number of aliphatic hydroxyl groups is 3. The van der Waals surface area contributed by atoms with E-state index in [1.807, 2.05) is 12.1 Å². The summed E-state index contributed by atoms with van der Waals surface area (Å²) in [6.07, 6.45) is -2.44. The molecule has 0 amide bonds. The minimum absolute atomic E-state index is 0.0281. The Balaban J connectivity index is 1.60. The van der Waals surface area contributed by atoms with Gasteiger partial charge in [-0.25, -0.2) is 0 Å². The summed E-state index contributed by atoms with van der Waals surface area (Å²) in [5.41, 5.74) is 3.26. The minimum atomic E-state index is -1.17. The normalized spacial score (nSPS) is 26.2. The second-order valence-electron chi connectivity index (χ2n) is 7.09. The zero-order chi connectivity index (χ0) is 18.7. The molecule has 1 heterocycles. The molecule has 140 valence electrons. The van der Waals surface area contributed by atoms with Crippen molar-refractivity contribution in [1.82, 2.24) is 0 Å². The lowest BCUT2D eigenvalue weighted by molar-refractivity contribution is -0.161. The smallest absolute Gasteiger partial charge is 0.136 e. The predicted octanol–water partition coefficient (Wildman–Crippen LogP) is 2.93. The largest absolute Gasteiger partial charge is 0.388 e. The van der Waals surface area contributed by atoms with Crippen molar-refractivity contribution in [3.05, 3.63) is 65.2 Å². The summed E-state index contributed by atoms with van der Waals surface area (Å²) in [7, 11) is 0. The van der Waals surface area contributed by atoms with Crippen molar-refractivity contribution >= 4 is 11.8 Å². The van der Waals surface area contributed by atoms with Gasteiger partial charge in [0.05, 0.1) is 6.61 Å². The Bertz CT molecular complexity index is 699. The maximum Gasteiger partial charge on any atom is 0.136 e. The molecule has 26 heavy (non-hydrogen) atoms. The fourth-order valence-corrected chi connectivity index (χ4v) is 3.97. The molecule has 1 fully saturated rings. The van der Waals surface area contributed by atoms with E-state index < -0.39 is 23.7 Å². The van der Waals surface area contributed by atoms with Gasteiger partial charge in [-0.2, -0.15) is 0 Å². The minimum Gasteiger partial charge on any atom is -0.388 e. The van der Waals surface area contributed by atoms with Crippen molar-refractivity contribution in [2.45, 2.75) is 54.8 Å². The number of rotatable bonds is 5. The predicted molar refractivity (Wildman–Crippen MR) is 103 cm³/mol. The molecule has 0 unspecified atom stereocenters. The van der Waals surface area contributed by atoms with Gasteiger partial charge in [0.15, 0.2) is 0 Å². The van der Waals surface area contributed by atoms with E-state index in [0.29, 0.717) is 5.92 Å². The molecule has 2 aromatic rings. The molecule has 0 spiro atoms. The van der Waals surface area contributed by atoms with E-state index >= 15 is 0 Å². The average Bonchev–Trinajstić information content (AvgIpc) is 2.64. The van der Waals surface area contributed by atoms with Crippen LogP contribution in [0.15, 0.2) is 53.4 Å². The number of benzene rings is 2. The van der Waals surface area contributed by atoms with Crippen LogP contribution >= 0.6 is 11.8 Å². The molecule has 1 aliphatic heterocycles. The molecular weight excluding hydrogens is 348 g/mol. The highest BCUT2D eigenvalue weighted by molar-refractivity contribution is 7.99. The van der Waals surface area contributed by atoms with Crippen LogP contribution in [0.2, 0.25) is 0 Å². The van der Waals surface area contributed by atoms with Crippen molar-refractivity contribution in [1.29, 1.82) is 0 Å². The third kappa shape index (κ3) is 4.67. The molecule has 2 aromatic carbocycles. The molecule has 0 bridgehead atoms. The van der Waals surface area contributed by atoms with Gasteiger partial charge in [-0.05, 0) is 41.2 Å². The zero-order valence-corrected chi connectivity index (χ0v) is 15.9. The van der Waals surface area contributed by atoms with Crippen LogP contribution in [-0.4, -0.2) is 45.7 Å². The van der Waals surface area contributed by atoms with Gasteiger partial charge in [-0.1, -0.05) is 62.0 Å². The summed E-state index contributed by atoms with van der Waals surface area (Å²) in [5, 5.41) is 29.3. The van der Waals surface area contributed by atoms with E-state index in [1.54, 1.807) is 0 Å². The van der Waals surface area contributed by atoms with E-state index in [0.717, 1.165) is 11.3 Å². The van der Waals surface area contributed by atoms with Gasteiger partial charge in [0.25, 0.3) is 0 Å². The fraction of sp³-hybridized carbons (Fsp3) is 0.429. The first-order chi connectivity index (χ1) is 12.4. The molecule has 3 N–H and O–H groups in total. The van der Waals surface area contributed by atoms with E-state index in [9.17, 15) is 15.3 Å². The Hall–Kier alpha value is -1.37. The van der Waals surface area contributed by atoms with Gasteiger partial charge in [-0.15, -0.1) is 0 Å². The Morgan fingerprint density at radius 1 is 0.923 bits per heavy atom. The van der Waals surface area contributed by atoms with Crippen molar-refractivity contribution in [3.8, 4) is 0 Å². The summed E-state index contributed by atoms with van der Waals surface area (Å²) in [4.78, 5) is 0.955. The van der Waals surface area contributed by atoms with Crippen LogP contribution < -0.4 is 0 Å². The van der Waals surface area contributed by atoms with E-state index in [2.05, 4.69) is 50.2 Å². The maximum atomic E-state index is 10.0. The first-order valence-corrected chi connectivity index (χ1v) is 9.82. The Morgan fingerprint density at radius 2 is 1.50 bits per heavy atom. The van der Waals surface area contributed by atoms with E-state index in [1.165, 1.54) is 28.5 Å². The van der Waals surface area contributed by atoms with Gasteiger partial charge >= 0.3 is 0 Å². The van der Waals surface area contributed by atoms with Gasteiger partial charge in [0, 0.05) is 4.90 Å². The highest BCUT2D eigenvalue weighted by Gasteiger charge is 2.37. The molecular formula is C21H26O4S. The van der Waals surface area contributed by atoms with Gasteiger partial charge < -0.3 is 20.1 Å². The first kappa shape index (κ1) is 19.4. The van der Waals surface area contributed by atoms with Crippen molar-refractivity contribution in [2.24, 2.45) is 0 Å². The SMILES string of the molecule is CC(C)c1ccc(Cc2ccc(S[C@@H]3OC[C@H](O)[C@H](O)[C@H]3O)cc2)cc1. The molecule has 1 aliphatic rings. The molecule has 4 atom stereocenters. The lowest BCUT2D eigenvalue weighted by Gasteiger charge is -2.34. The van der Waals surface area contributed by atoms with Gasteiger partial charge in [0.1, 0.15) is 23.7 Å². The number of hydrogen-bond donors (Lipinski definition) is 3. The highest BCUT2D eigenvalue weighted by Crippen LogP contribution is 2.31. The lowest BCUT2D eigenvalue weighted by atomic mass is 9.99. The fourth-order valence-electron chi connectivity index (χ4n) is 2.96. The molecule has 1 saturated heterocycles. The third-order valence-corrected chi connectivity index (χ3v) is 5.88. The van der Waals surface area contributed by atoms with Gasteiger partial charge in [-0.3, -0.25) is 0 Å². The number of ether oxygens (including phenoxy) is 1. The standard InChI is InChI=1S/C21H26O4S/c1-13(2)16-7-3-14(4-8-16)11-15-5-9-17(10-6-15)26-21-20(24)19(23)18(22)12-25-21/h3-10,13,18-24H,11-12H2,1-2H3/t18-,19-,20+,21-/m0/s1. The molecule has 5 heteroatoms. The summed E-state index contributed by atoms with van der Waals surface area (Å²) in [5.74, 6) is 0.539. The molecule has 4 nitrogen and oxygen atoms in total.